The summed E-state index contributed by atoms with van der Waals surface area (Å²) in [6.45, 7) is 6.74. The summed E-state index contributed by atoms with van der Waals surface area (Å²) in [5.74, 6) is 0. The van der Waals surface area contributed by atoms with E-state index in [0.717, 1.165) is 41.8 Å². The molecule has 1 amide bonds. The third-order valence-corrected chi connectivity index (χ3v) is 4.12. The Bertz CT molecular complexity index is 714. The van der Waals surface area contributed by atoms with Crippen molar-refractivity contribution in [2.75, 3.05) is 12.3 Å². The second-order valence-corrected chi connectivity index (χ2v) is 7.32. The highest BCUT2D eigenvalue weighted by molar-refractivity contribution is 5.80. The number of fused-ring (bicyclic) bond motifs is 1. The number of rotatable bonds is 1. The number of amides is 1. The van der Waals surface area contributed by atoms with Gasteiger partial charge in [-0.25, -0.2) is 4.79 Å². The highest BCUT2D eigenvalue weighted by Crippen LogP contribution is 2.29. The molecule has 0 atom stereocenters. The number of anilines is 1. The number of allylic oxidation sites excluding steroid dienone is 4. The molecule has 0 radical (unpaired) electrons. The van der Waals surface area contributed by atoms with E-state index in [0.29, 0.717) is 18.8 Å². The third kappa shape index (κ3) is 3.61. The lowest BCUT2D eigenvalue weighted by Crippen LogP contribution is -2.40. The standard InChI is InChI=1S/C19H25N3O2/c1-19(2,3)24-18(23)22-10-9-16-14(12-22)11-15(20)17(21-16)13-7-5-4-6-8-13/h5,7-8,11H,4,6,9-10,12,20H2,1-3H3. The minimum atomic E-state index is -0.488. The Morgan fingerprint density at radius 1 is 1.33 bits per heavy atom. The molecule has 0 bridgehead atoms. The largest absolute Gasteiger partial charge is 0.444 e. The molecule has 128 valence electrons. The zero-order valence-corrected chi connectivity index (χ0v) is 14.6. The summed E-state index contributed by atoms with van der Waals surface area (Å²) < 4.78 is 5.46. The molecule has 0 saturated heterocycles. The summed E-state index contributed by atoms with van der Waals surface area (Å²) in [7, 11) is 0. The van der Waals surface area contributed by atoms with Gasteiger partial charge in [-0.1, -0.05) is 18.2 Å². The second-order valence-electron chi connectivity index (χ2n) is 7.32. The van der Waals surface area contributed by atoms with Crippen LogP contribution in [-0.2, 0) is 17.7 Å². The molecule has 0 unspecified atom stereocenters. The maximum Gasteiger partial charge on any atom is 0.410 e. The van der Waals surface area contributed by atoms with Crippen LogP contribution in [0.3, 0.4) is 0 Å². The number of hydrogen-bond acceptors (Lipinski definition) is 4. The number of nitrogens with two attached hydrogens (primary N) is 1. The van der Waals surface area contributed by atoms with Crippen LogP contribution in [0, 0.1) is 0 Å². The van der Waals surface area contributed by atoms with Gasteiger partial charge < -0.3 is 15.4 Å². The molecule has 5 heteroatoms. The molecule has 1 aromatic heterocycles. The molecular weight excluding hydrogens is 302 g/mol. The van der Waals surface area contributed by atoms with Gasteiger partial charge in [0, 0.05) is 18.7 Å². The molecule has 3 rings (SSSR count). The van der Waals surface area contributed by atoms with Crippen LogP contribution >= 0.6 is 0 Å². The molecular formula is C19H25N3O2. The lowest BCUT2D eigenvalue weighted by Gasteiger charge is -2.31. The summed E-state index contributed by atoms with van der Waals surface area (Å²) in [6.07, 6.45) is 8.95. The quantitative estimate of drug-likeness (QED) is 0.854. The van der Waals surface area contributed by atoms with Crippen molar-refractivity contribution in [1.82, 2.24) is 9.88 Å². The predicted octanol–water partition coefficient (Wildman–Crippen LogP) is 3.69. The second kappa shape index (κ2) is 6.30. The number of carbonyl (C=O) groups excluding carboxylic acids is 1. The molecule has 1 aromatic rings. The van der Waals surface area contributed by atoms with Crippen LogP contribution in [0.5, 0.6) is 0 Å². The number of aromatic nitrogens is 1. The molecule has 2 aliphatic rings. The van der Waals surface area contributed by atoms with Crippen LogP contribution in [0.25, 0.3) is 5.57 Å². The van der Waals surface area contributed by atoms with E-state index >= 15 is 0 Å². The van der Waals surface area contributed by atoms with Gasteiger partial charge in [-0.15, -0.1) is 0 Å². The third-order valence-electron chi connectivity index (χ3n) is 4.12. The summed E-state index contributed by atoms with van der Waals surface area (Å²) in [6, 6.07) is 1.96. The Morgan fingerprint density at radius 3 is 2.79 bits per heavy atom. The minimum Gasteiger partial charge on any atom is -0.444 e. The van der Waals surface area contributed by atoms with E-state index in [4.69, 9.17) is 15.5 Å². The predicted molar refractivity (Wildman–Crippen MR) is 95.3 cm³/mol. The van der Waals surface area contributed by atoms with Crippen molar-refractivity contribution in [2.24, 2.45) is 0 Å². The zero-order chi connectivity index (χ0) is 17.3. The number of nitrogen functional groups attached to an aromatic ring is 1. The summed E-state index contributed by atoms with van der Waals surface area (Å²) in [5, 5.41) is 0. The van der Waals surface area contributed by atoms with Crippen molar-refractivity contribution in [2.45, 2.75) is 52.2 Å². The van der Waals surface area contributed by atoms with Gasteiger partial charge in [0.05, 0.1) is 17.9 Å². The monoisotopic (exact) mass is 327 g/mol. The molecule has 1 aliphatic carbocycles. The molecule has 5 nitrogen and oxygen atoms in total. The van der Waals surface area contributed by atoms with E-state index in [1.54, 1.807) is 4.90 Å². The Morgan fingerprint density at radius 2 is 2.12 bits per heavy atom. The molecule has 2 heterocycles. The highest BCUT2D eigenvalue weighted by Gasteiger charge is 2.27. The van der Waals surface area contributed by atoms with Crippen molar-refractivity contribution in [1.29, 1.82) is 0 Å². The summed E-state index contributed by atoms with van der Waals surface area (Å²) in [5.41, 5.74) is 10.4. The fourth-order valence-corrected chi connectivity index (χ4v) is 2.99. The van der Waals surface area contributed by atoms with Gasteiger partial charge in [-0.2, -0.15) is 0 Å². The number of pyridine rings is 1. The van der Waals surface area contributed by atoms with Crippen molar-refractivity contribution in [3.8, 4) is 0 Å². The number of carbonyl (C=O) groups is 1. The molecule has 24 heavy (non-hydrogen) atoms. The van der Waals surface area contributed by atoms with Gasteiger partial charge in [0.2, 0.25) is 0 Å². The molecule has 0 fully saturated rings. The molecule has 0 saturated carbocycles. The average molecular weight is 327 g/mol. The van der Waals surface area contributed by atoms with Gasteiger partial charge in [0.1, 0.15) is 5.60 Å². The van der Waals surface area contributed by atoms with E-state index in [9.17, 15) is 4.79 Å². The first-order valence-corrected chi connectivity index (χ1v) is 8.47. The van der Waals surface area contributed by atoms with Crippen LogP contribution < -0.4 is 5.73 Å². The number of ether oxygens (including phenoxy) is 1. The highest BCUT2D eigenvalue weighted by atomic mass is 16.6. The van der Waals surface area contributed by atoms with Crippen LogP contribution in [-0.4, -0.2) is 28.1 Å². The van der Waals surface area contributed by atoms with Gasteiger partial charge in [-0.3, -0.25) is 4.98 Å². The smallest absolute Gasteiger partial charge is 0.410 e. The Labute approximate surface area is 143 Å². The fraction of sp³-hybridized carbons (Fsp3) is 0.474. The van der Waals surface area contributed by atoms with E-state index in [2.05, 4.69) is 18.2 Å². The lowest BCUT2D eigenvalue weighted by molar-refractivity contribution is 0.0223. The van der Waals surface area contributed by atoms with Crippen LogP contribution in [0.2, 0.25) is 0 Å². The van der Waals surface area contributed by atoms with Gasteiger partial charge in [-0.05, 0) is 50.8 Å². The van der Waals surface area contributed by atoms with E-state index in [1.165, 1.54) is 0 Å². The Hall–Kier alpha value is -2.30. The first kappa shape index (κ1) is 16.6. The SMILES string of the molecule is CC(C)(C)OC(=O)N1CCc2nc(C3=CCCC=C3)c(N)cc2C1. The summed E-state index contributed by atoms with van der Waals surface area (Å²) in [4.78, 5) is 18.8. The Balaban J connectivity index is 1.81. The van der Waals surface area contributed by atoms with Crippen LogP contribution in [0.1, 0.15) is 50.6 Å². The Kier molecular flexibility index (Phi) is 4.35. The summed E-state index contributed by atoms with van der Waals surface area (Å²) >= 11 is 0. The minimum absolute atomic E-state index is 0.284. The van der Waals surface area contributed by atoms with Gasteiger partial charge in [0.25, 0.3) is 0 Å². The zero-order valence-electron chi connectivity index (χ0n) is 14.6. The first-order chi connectivity index (χ1) is 11.3. The lowest BCUT2D eigenvalue weighted by atomic mass is 9.99. The normalized spacial score (nSPS) is 17.3. The van der Waals surface area contributed by atoms with E-state index in [1.807, 2.05) is 26.8 Å². The van der Waals surface area contributed by atoms with Crippen molar-refractivity contribution >= 4 is 17.4 Å². The van der Waals surface area contributed by atoms with E-state index in [-0.39, 0.29) is 6.09 Å². The first-order valence-electron chi connectivity index (χ1n) is 8.47. The maximum atomic E-state index is 12.3. The molecule has 0 aromatic carbocycles. The van der Waals surface area contributed by atoms with Crippen LogP contribution in [0.4, 0.5) is 10.5 Å². The maximum absolute atomic E-state index is 12.3. The van der Waals surface area contributed by atoms with E-state index < -0.39 is 5.60 Å². The molecule has 2 N–H and O–H groups in total. The molecule has 1 aliphatic heterocycles. The average Bonchev–Trinajstić information content (AvgIpc) is 2.53. The van der Waals surface area contributed by atoms with Crippen LogP contribution in [0.15, 0.2) is 24.3 Å². The van der Waals surface area contributed by atoms with Gasteiger partial charge >= 0.3 is 6.09 Å². The van der Waals surface area contributed by atoms with Gasteiger partial charge in [0.15, 0.2) is 0 Å². The van der Waals surface area contributed by atoms with Crippen molar-refractivity contribution in [3.63, 3.8) is 0 Å². The molecule has 0 spiro atoms. The fourth-order valence-electron chi connectivity index (χ4n) is 2.99. The number of nitrogens with zero attached hydrogens (tertiary/aromatic N) is 2. The van der Waals surface area contributed by atoms with Crippen molar-refractivity contribution in [3.05, 3.63) is 41.2 Å². The van der Waals surface area contributed by atoms with Crippen molar-refractivity contribution < 1.29 is 9.53 Å². The topological polar surface area (TPSA) is 68.5 Å². The number of hydrogen-bond donors (Lipinski definition) is 1.